The summed E-state index contributed by atoms with van der Waals surface area (Å²) in [4.78, 5) is 4.09. The molecule has 2 nitrogen and oxygen atoms in total. The Hall–Kier alpha value is -1.38. The van der Waals surface area contributed by atoms with Gasteiger partial charge >= 0.3 is 0 Å². The summed E-state index contributed by atoms with van der Waals surface area (Å²) in [5.41, 5.74) is 2.53. The Balaban J connectivity index is 2.43. The first-order valence-electron chi connectivity index (χ1n) is 4.62. The van der Waals surface area contributed by atoms with Crippen molar-refractivity contribution in [3.05, 3.63) is 53.3 Å². The SMILES string of the molecule is OCc1ncc(-c2ccccc2)cc1Cl. The summed E-state index contributed by atoms with van der Waals surface area (Å²) in [7, 11) is 0. The third-order valence-electron chi connectivity index (χ3n) is 2.17. The molecule has 0 amide bonds. The number of nitrogens with zero attached hydrogens (tertiary/aromatic N) is 1. The van der Waals surface area contributed by atoms with E-state index in [1.54, 1.807) is 6.20 Å². The molecule has 0 bridgehead atoms. The highest BCUT2D eigenvalue weighted by molar-refractivity contribution is 6.31. The Morgan fingerprint density at radius 3 is 2.47 bits per heavy atom. The number of hydrogen-bond acceptors (Lipinski definition) is 2. The lowest BCUT2D eigenvalue weighted by atomic mass is 10.1. The van der Waals surface area contributed by atoms with E-state index in [0.717, 1.165) is 11.1 Å². The van der Waals surface area contributed by atoms with Gasteiger partial charge in [0.15, 0.2) is 0 Å². The average Bonchev–Trinajstić information content (AvgIpc) is 2.30. The van der Waals surface area contributed by atoms with Crippen LogP contribution in [0.1, 0.15) is 5.69 Å². The summed E-state index contributed by atoms with van der Waals surface area (Å²) in [5.74, 6) is 0. The Kier molecular flexibility index (Phi) is 2.99. The van der Waals surface area contributed by atoms with Gasteiger partial charge in [0, 0.05) is 11.8 Å². The molecule has 0 fully saturated rings. The second-order valence-electron chi connectivity index (χ2n) is 3.18. The predicted molar refractivity (Wildman–Crippen MR) is 60.6 cm³/mol. The molecule has 2 aromatic rings. The maximum absolute atomic E-state index is 8.93. The van der Waals surface area contributed by atoms with Gasteiger partial charge in [-0.05, 0) is 11.6 Å². The molecule has 1 heterocycles. The summed E-state index contributed by atoms with van der Waals surface area (Å²) in [6, 6.07) is 11.7. The van der Waals surface area contributed by atoms with Crippen LogP contribution in [0.5, 0.6) is 0 Å². The zero-order chi connectivity index (χ0) is 10.7. The quantitative estimate of drug-likeness (QED) is 0.843. The fraction of sp³-hybridized carbons (Fsp3) is 0.0833. The Bertz CT molecular complexity index is 456. The molecular weight excluding hydrogens is 210 g/mol. The smallest absolute Gasteiger partial charge is 0.0868 e. The average molecular weight is 220 g/mol. The van der Waals surface area contributed by atoms with Crippen LogP contribution in [0.15, 0.2) is 42.6 Å². The molecule has 0 spiro atoms. The van der Waals surface area contributed by atoms with E-state index in [1.165, 1.54) is 0 Å². The topological polar surface area (TPSA) is 33.1 Å². The summed E-state index contributed by atoms with van der Waals surface area (Å²) in [6.07, 6.45) is 1.72. The van der Waals surface area contributed by atoms with Gasteiger partial charge < -0.3 is 5.11 Å². The first kappa shape index (κ1) is 10.1. The lowest BCUT2D eigenvalue weighted by Crippen LogP contribution is -1.91. The minimum atomic E-state index is -0.131. The van der Waals surface area contributed by atoms with Gasteiger partial charge in [0.2, 0.25) is 0 Å². The van der Waals surface area contributed by atoms with E-state index >= 15 is 0 Å². The third kappa shape index (κ3) is 2.17. The summed E-state index contributed by atoms with van der Waals surface area (Å²) < 4.78 is 0. The van der Waals surface area contributed by atoms with Crippen LogP contribution < -0.4 is 0 Å². The van der Waals surface area contributed by atoms with Crippen molar-refractivity contribution in [1.29, 1.82) is 0 Å². The van der Waals surface area contributed by atoms with Gasteiger partial charge in [-0.25, -0.2) is 0 Å². The van der Waals surface area contributed by atoms with E-state index in [4.69, 9.17) is 16.7 Å². The van der Waals surface area contributed by atoms with E-state index in [-0.39, 0.29) is 6.61 Å². The molecule has 0 aliphatic carbocycles. The molecule has 15 heavy (non-hydrogen) atoms. The van der Waals surface area contributed by atoms with Crippen LogP contribution in [0.3, 0.4) is 0 Å². The fourth-order valence-corrected chi connectivity index (χ4v) is 1.60. The van der Waals surface area contributed by atoms with Crippen molar-refractivity contribution in [2.75, 3.05) is 0 Å². The maximum Gasteiger partial charge on any atom is 0.0868 e. The van der Waals surface area contributed by atoms with Crippen LogP contribution in [-0.4, -0.2) is 10.1 Å². The Morgan fingerprint density at radius 2 is 1.87 bits per heavy atom. The molecular formula is C12H10ClNO. The minimum Gasteiger partial charge on any atom is -0.390 e. The van der Waals surface area contributed by atoms with Crippen LogP contribution in [0.25, 0.3) is 11.1 Å². The monoisotopic (exact) mass is 219 g/mol. The van der Waals surface area contributed by atoms with Crippen molar-refractivity contribution < 1.29 is 5.11 Å². The minimum absolute atomic E-state index is 0.131. The molecule has 0 saturated heterocycles. The second-order valence-corrected chi connectivity index (χ2v) is 3.58. The Morgan fingerprint density at radius 1 is 1.13 bits per heavy atom. The van der Waals surface area contributed by atoms with Gasteiger partial charge in [-0.1, -0.05) is 41.9 Å². The van der Waals surface area contributed by atoms with Crippen molar-refractivity contribution >= 4 is 11.6 Å². The van der Waals surface area contributed by atoms with Crippen molar-refractivity contribution in [3.8, 4) is 11.1 Å². The lowest BCUT2D eigenvalue weighted by Gasteiger charge is -2.04. The van der Waals surface area contributed by atoms with Gasteiger partial charge in [0.1, 0.15) is 0 Å². The first-order valence-corrected chi connectivity index (χ1v) is 5.00. The number of halogens is 1. The van der Waals surface area contributed by atoms with Crippen LogP contribution in [0.2, 0.25) is 5.02 Å². The predicted octanol–water partition coefficient (Wildman–Crippen LogP) is 2.89. The van der Waals surface area contributed by atoms with E-state index in [0.29, 0.717) is 10.7 Å². The van der Waals surface area contributed by atoms with E-state index in [9.17, 15) is 0 Å². The number of benzene rings is 1. The van der Waals surface area contributed by atoms with E-state index in [2.05, 4.69) is 4.98 Å². The number of rotatable bonds is 2. The normalized spacial score (nSPS) is 10.3. The molecule has 76 valence electrons. The summed E-state index contributed by atoms with van der Waals surface area (Å²) in [6.45, 7) is -0.131. The van der Waals surface area contributed by atoms with Gasteiger partial charge in [-0.15, -0.1) is 0 Å². The highest BCUT2D eigenvalue weighted by atomic mass is 35.5. The second kappa shape index (κ2) is 4.43. The van der Waals surface area contributed by atoms with Crippen LogP contribution in [-0.2, 0) is 6.61 Å². The molecule has 1 aromatic carbocycles. The molecule has 0 saturated carbocycles. The highest BCUT2D eigenvalue weighted by Crippen LogP contribution is 2.23. The number of pyridine rings is 1. The van der Waals surface area contributed by atoms with E-state index < -0.39 is 0 Å². The standard InChI is InChI=1S/C12H10ClNO/c13-11-6-10(7-14-12(11)8-15)9-4-2-1-3-5-9/h1-7,15H,8H2. The number of aromatic nitrogens is 1. The molecule has 1 N–H and O–H groups in total. The molecule has 0 unspecified atom stereocenters. The summed E-state index contributed by atoms with van der Waals surface area (Å²) >= 11 is 5.96. The molecule has 0 atom stereocenters. The number of hydrogen-bond donors (Lipinski definition) is 1. The first-order chi connectivity index (χ1) is 7.31. The zero-order valence-electron chi connectivity index (χ0n) is 8.02. The fourth-order valence-electron chi connectivity index (χ4n) is 1.37. The highest BCUT2D eigenvalue weighted by Gasteiger charge is 2.03. The molecule has 0 radical (unpaired) electrons. The van der Waals surface area contributed by atoms with Crippen LogP contribution in [0, 0.1) is 0 Å². The van der Waals surface area contributed by atoms with Crippen molar-refractivity contribution in [2.24, 2.45) is 0 Å². The molecule has 0 aliphatic heterocycles. The zero-order valence-corrected chi connectivity index (χ0v) is 8.78. The van der Waals surface area contributed by atoms with Gasteiger partial charge in [-0.3, -0.25) is 4.98 Å². The van der Waals surface area contributed by atoms with Gasteiger partial charge in [-0.2, -0.15) is 0 Å². The molecule has 1 aromatic heterocycles. The Labute approximate surface area is 93.2 Å². The summed E-state index contributed by atoms with van der Waals surface area (Å²) in [5, 5.41) is 9.43. The molecule has 2 rings (SSSR count). The van der Waals surface area contributed by atoms with Gasteiger partial charge in [0.05, 0.1) is 17.3 Å². The van der Waals surface area contributed by atoms with Crippen molar-refractivity contribution in [3.63, 3.8) is 0 Å². The van der Waals surface area contributed by atoms with Crippen LogP contribution >= 0.6 is 11.6 Å². The molecule has 0 aliphatic rings. The van der Waals surface area contributed by atoms with Crippen molar-refractivity contribution in [2.45, 2.75) is 6.61 Å². The van der Waals surface area contributed by atoms with Crippen LogP contribution in [0.4, 0.5) is 0 Å². The third-order valence-corrected chi connectivity index (χ3v) is 2.50. The lowest BCUT2D eigenvalue weighted by molar-refractivity contribution is 0.277. The maximum atomic E-state index is 8.93. The van der Waals surface area contributed by atoms with Crippen molar-refractivity contribution in [1.82, 2.24) is 4.98 Å². The largest absolute Gasteiger partial charge is 0.390 e. The number of aliphatic hydroxyl groups is 1. The van der Waals surface area contributed by atoms with E-state index in [1.807, 2.05) is 36.4 Å². The van der Waals surface area contributed by atoms with Gasteiger partial charge in [0.25, 0.3) is 0 Å². The molecule has 3 heteroatoms. The number of aliphatic hydroxyl groups excluding tert-OH is 1.